The van der Waals surface area contributed by atoms with Crippen LogP contribution in [0, 0.1) is 6.92 Å². The zero-order valence-electron chi connectivity index (χ0n) is 12.9. The molecule has 0 aliphatic heterocycles. The van der Waals surface area contributed by atoms with E-state index in [0.29, 0.717) is 22.6 Å². The molecule has 1 aliphatic rings. The summed E-state index contributed by atoms with van der Waals surface area (Å²) in [6.07, 6.45) is 1.83. The van der Waals surface area contributed by atoms with E-state index in [1.165, 1.54) is 0 Å². The van der Waals surface area contributed by atoms with Gasteiger partial charge in [-0.25, -0.2) is 4.98 Å². The van der Waals surface area contributed by atoms with Gasteiger partial charge in [0.15, 0.2) is 0 Å². The summed E-state index contributed by atoms with van der Waals surface area (Å²) >= 11 is 0. The molecular formula is C16H12N2O6S. The zero-order valence-corrected chi connectivity index (χ0v) is 13.7. The standard InChI is InChI=1S/C16H10N2O2.H2O4S/c1-9-6-7-12-17-13-10-4-2-3-5-11(10)15(19)16(20)14(13)18(12)8-9;1-5(2,3)4/h2-8H,1H3;(H2,1,2,3,4). The van der Waals surface area contributed by atoms with Gasteiger partial charge < -0.3 is 0 Å². The normalized spacial score (nSPS) is 13.1. The van der Waals surface area contributed by atoms with Crippen LogP contribution < -0.4 is 0 Å². The van der Waals surface area contributed by atoms with E-state index in [-0.39, 0.29) is 0 Å². The van der Waals surface area contributed by atoms with E-state index in [1.807, 2.05) is 37.4 Å². The van der Waals surface area contributed by atoms with Crippen molar-refractivity contribution in [3.63, 3.8) is 0 Å². The summed E-state index contributed by atoms with van der Waals surface area (Å²) in [6, 6.07) is 10.9. The first-order valence-electron chi connectivity index (χ1n) is 7.04. The van der Waals surface area contributed by atoms with Crippen LogP contribution in [0.2, 0.25) is 0 Å². The summed E-state index contributed by atoms with van der Waals surface area (Å²) in [7, 11) is -4.67. The molecule has 0 saturated carbocycles. The average molecular weight is 360 g/mol. The molecule has 0 bridgehead atoms. The molecule has 4 rings (SSSR count). The van der Waals surface area contributed by atoms with Gasteiger partial charge in [-0.2, -0.15) is 8.42 Å². The van der Waals surface area contributed by atoms with Gasteiger partial charge in [-0.1, -0.05) is 30.3 Å². The van der Waals surface area contributed by atoms with Gasteiger partial charge in [-0.3, -0.25) is 23.1 Å². The fraction of sp³-hybridized carbons (Fsp3) is 0.0625. The second-order valence-corrected chi connectivity index (χ2v) is 6.29. The third kappa shape index (κ3) is 3.20. The Morgan fingerprint density at radius 3 is 2.20 bits per heavy atom. The molecule has 0 fully saturated rings. The van der Waals surface area contributed by atoms with Crippen molar-refractivity contribution in [2.24, 2.45) is 0 Å². The van der Waals surface area contributed by atoms with Crippen molar-refractivity contribution < 1.29 is 27.1 Å². The first-order valence-corrected chi connectivity index (χ1v) is 8.43. The Balaban J connectivity index is 0.000000324. The number of carbonyl (C=O) groups is 2. The lowest BCUT2D eigenvalue weighted by molar-refractivity contribution is 0.0812. The van der Waals surface area contributed by atoms with Crippen molar-refractivity contribution in [3.05, 3.63) is 59.4 Å². The summed E-state index contributed by atoms with van der Waals surface area (Å²) in [5.74, 6) is -0.951. The number of ketones is 2. The van der Waals surface area contributed by atoms with Crippen LogP contribution in [-0.2, 0) is 10.4 Å². The van der Waals surface area contributed by atoms with Crippen LogP contribution in [0.4, 0.5) is 0 Å². The largest absolute Gasteiger partial charge is 0.394 e. The molecule has 128 valence electrons. The monoisotopic (exact) mass is 360 g/mol. The van der Waals surface area contributed by atoms with E-state index in [2.05, 4.69) is 4.98 Å². The van der Waals surface area contributed by atoms with Crippen molar-refractivity contribution in [1.29, 1.82) is 0 Å². The Labute approximate surface area is 142 Å². The van der Waals surface area contributed by atoms with Gasteiger partial charge in [0.1, 0.15) is 17.0 Å². The second kappa shape index (κ2) is 5.88. The number of aromatic nitrogens is 2. The van der Waals surface area contributed by atoms with Gasteiger partial charge >= 0.3 is 10.4 Å². The Morgan fingerprint density at radius 2 is 1.56 bits per heavy atom. The molecule has 9 heteroatoms. The molecule has 0 unspecified atom stereocenters. The molecule has 0 atom stereocenters. The highest BCUT2D eigenvalue weighted by Gasteiger charge is 2.34. The van der Waals surface area contributed by atoms with Crippen LogP contribution in [0.15, 0.2) is 42.6 Å². The predicted molar refractivity (Wildman–Crippen MR) is 88.2 cm³/mol. The quantitative estimate of drug-likeness (QED) is 0.464. The second-order valence-electron chi connectivity index (χ2n) is 5.40. The van der Waals surface area contributed by atoms with E-state index >= 15 is 0 Å². The summed E-state index contributed by atoms with van der Waals surface area (Å²) in [5, 5.41) is 0. The maximum absolute atomic E-state index is 12.4. The lowest BCUT2D eigenvalue weighted by Crippen LogP contribution is -2.22. The number of hydrogen-bond donors (Lipinski definition) is 2. The Hall–Kier alpha value is -2.88. The van der Waals surface area contributed by atoms with Crippen LogP contribution in [-0.4, -0.2) is 38.5 Å². The van der Waals surface area contributed by atoms with E-state index in [1.54, 1.807) is 16.5 Å². The van der Waals surface area contributed by atoms with E-state index < -0.39 is 22.0 Å². The van der Waals surface area contributed by atoms with E-state index in [9.17, 15) is 9.59 Å². The third-order valence-corrected chi connectivity index (χ3v) is 3.61. The lowest BCUT2D eigenvalue weighted by atomic mass is 9.90. The van der Waals surface area contributed by atoms with Gasteiger partial charge in [0.05, 0.1) is 0 Å². The fourth-order valence-corrected chi connectivity index (χ4v) is 2.67. The molecule has 0 amide bonds. The summed E-state index contributed by atoms with van der Waals surface area (Å²) < 4.78 is 33.3. The molecule has 25 heavy (non-hydrogen) atoms. The SMILES string of the molecule is Cc1ccc2nc3c(n2c1)C(=O)C(=O)c1ccccc1-3.O=S(=O)(O)O. The topological polar surface area (TPSA) is 126 Å². The first-order chi connectivity index (χ1) is 11.7. The predicted octanol–water partition coefficient (Wildman–Crippen LogP) is 2.04. The molecule has 8 nitrogen and oxygen atoms in total. The van der Waals surface area contributed by atoms with Gasteiger partial charge in [-0.15, -0.1) is 0 Å². The maximum Gasteiger partial charge on any atom is 0.394 e. The summed E-state index contributed by atoms with van der Waals surface area (Å²) in [6.45, 7) is 1.94. The van der Waals surface area contributed by atoms with Gasteiger partial charge in [-0.05, 0) is 18.6 Å². The molecule has 0 radical (unpaired) electrons. The number of Topliss-reactive ketones (excluding diaryl/α,β-unsaturated/α-hetero) is 2. The highest BCUT2D eigenvalue weighted by molar-refractivity contribution is 7.79. The van der Waals surface area contributed by atoms with Crippen molar-refractivity contribution in [2.45, 2.75) is 6.92 Å². The first kappa shape index (κ1) is 17.0. The Morgan fingerprint density at radius 1 is 0.960 bits per heavy atom. The van der Waals surface area contributed by atoms with E-state index in [4.69, 9.17) is 17.5 Å². The highest BCUT2D eigenvalue weighted by atomic mass is 32.3. The van der Waals surface area contributed by atoms with Crippen molar-refractivity contribution in [1.82, 2.24) is 9.38 Å². The minimum absolute atomic E-state index is 0.368. The minimum atomic E-state index is -4.67. The third-order valence-electron chi connectivity index (χ3n) is 3.61. The maximum atomic E-state index is 12.4. The Bertz CT molecular complexity index is 1120. The van der Waals surface area contributed by atoms with Crippen molar-refractivity contribution >= 4 is 27.6 Å². The van der Waals surface area contributed by atoms with Crippen LogP contribution in [0.3, 0.4) is 0 Å². The number of carbonyl (C=O) groups excluding carboxylic acids is 2. The fourth-order valence-electron chi connectivity index (χ4n) is 2.67. The molecule has 1 aliphatic carbocycles. The molecule has 3 aromatic rings. The minimum Gasteiger partial charge on any atom is -0.296 e. The smallest absolute Gasteiger partial charge is 0.296 e. The van der Waals surface area contributed by atoms with Crippen LogP contribution in [0.5, 0.6) is 0 Å². The number of hydrogen-bond acceptors (Lipinski definition) is 5. The number of rotatable bonds is 0. The van der Waals surface area contributed by atoms with Gasteiger partial charge in [0, 0.05) is 17.3 Å². The molecular weight excluding hydrogens is 348 g/mol. The number of nitrogens with zero attached hydrogens (tertiary/aromatic N) is 2. The molecule has 0 spiro atoms. The van der Waals surface area contributed by atoms with Crippen molar-refractivity contribution in [3.8, 4) is 11.3 Å². The van der Waals surface area contributed by atoms with Gasteiger partial charge in [0.2, 0.25) is 5.78 Å². The van der Waals surface area contributed by atoms with Gasteiger partial charge in [0.25, 0.3) is 5.78 Å². The average Bonchev–Trinajstić information content (AvgIpc) is 2.90. The number of benzene rings is 1. The molecule has 1 aromatic carbocycles. The van der Waals surface area contributed by atoms with Crippen LogP contribution >= 0.6 is 0 Å². The molecule has 2 N–H and O–H groups in total. The highest BCUT2D eigenvalue weighted by Crippen LogP contribution is 2.33. The number of aryl methyl sites for hydroxylation is 1. The summed E-state index contributed by atoms with van der Waals surface area (Å²) in [5.41, 5.74) is 3.82. The van der Waals surface area contributed by atoms with Crippen LogP contribution in [0.25, 0.3) is 16.9 Å². The molecule has 2 aromatic heterocycles. The number of imidazole rings is 1. The van der Waals surface area contributed by atoms with Crippen molar-refractivity contribution in [2.75, 3.05) is 0 Å². The van der Waals surface area contributed by atoms with E-state index in [0.717, 1.165) is 11.1 Å². The summed E-state index contributed by atoms with van der Waals surface area (Å²) in [4.78, 5) is 29.1. The Kier molecular flexibility index (Phi) is 3.99. The number of pyridine rings is 1. The number of fused-ring (bicyclic) bond motifs is 5. The molecule has 0 saturated heterocycles. The zero-order chi connectivity index (χ0) is 18.4. The lowest BCUT2D eigenvalue weighted by Gasteiger charge is -2.13. The molecule has 2 heterocycles. The van der Waals surface area contributed by atoms with Crippen LogP contribution in [0.1, 0.15) is 26.4 Å².